The van der Waals surface area contributed by atoms with Crippen LogP contribution in [0.4, 0.5) is 19.0 Å². The Morgan fingerprint density at radius 1 is 1.17 bits per heavy atom. The first-order chi connectivity index (χ1) is 10.9. The summed E-state index contributed by atoms with van der Waals surface area (Å²) in [5, 5.41) is 3.02. The number of rotatable bonds is 3. The van der Waals surface area contributed by atoms with Gasteiger partial charge in [0.1, 0.15) is 17.8 Å². The molecule has 0 bridgehead atoms. The lowest BCUT2D eigenvalue weighted by atomic mass is 9.84. The zero-order valence-electron chi connectivity index (χ0n) is 12.6. The van der Waals surface area contributed by atoms with Crippen molar-refractivity contribution in [2.24, 2.45) is 5.92 Å². The fourth-order valence-corrected chi connectivity index (χ4v) is 2.96. The highest BCUT2D eigenvalue weighted by atomic mass is 19.4. The van der Waals surface area contributed by atoms with Gasteiger partial charge in [-0.2, -0.15) is 13.2 Å². The van der Waals surface area contributed by atoms with Crippen LogP contribution in [0.2, 0.25) is 0 Å². The molecule has 8 heteroatoms. The van der Waals surface area contributed by atoms with Gasteiger partial charge in [-0.1, -0.05) is 6.42 Å². The lowest BCUT2D eigenvalue weighted by molar-refractivity contribution is -0.141. The van der Waals surface area contributed by atoms with Crippen LogP contribution in [0.5, 0.6) is 0 Å². The molecule has 5 nitrogen and oxygen atoms in total. The van der Waals surface area contributed by atoms with Crippen LogP contribution in [0.1, 0.15) is 37.8 Å². The number of amides is 1. The minimum atomic E-state index is -4.47. The van der Waals surface area contributed by atoms with Crippen molar-refractivity contribution < 1.29 is 18.0 Å². The topological polar surface area (TPSA) is 58.1 Å². The maximum Gasteiger partial charge on any atom is 0.433 e. The summed E-state index contributed by atoms with van der Waals surface area (Å²) in [6, 6.07) is 0.947. The molecule has 1 aromatic rings. The average molecular weight is 328 g/mol. The Balaban J connectivity index is 1.53. The summed E-state index contributed by atoms with van der Waals surface area (Å²) in [7, 11) is 0. The molecule has 2 heterocycles. The standard InChI is InChI=1S/C15H19F3N4O/c16-15(17,18)12-8-13(20-9-19-12)21-11-4-6-22(7-5-11)14(23)10-2-1-3-10/h8-11H,1-7H2,(H,19,20,21). The molecule has 1 aliphatic carbocycles. The molecule has 0 aromatic carbocycles. The SMILES string of the molecule is O=C(C1CCC1)N1CCC(Nc2cc(C(F)(F)F)ncn2)CC1. The number of hydrogen-bond donors (Lipinski definition) is 1. The van der Waals surface area contributed by atoms with Crippen molar-refractivity contribution in [1.29, 1.82) is 0 Å². The minimum absolute atomic E-state index is 0.0245. The second kappa shape index (κ2) is 6.33. The summed E-state index contributed by atoms with van der Waals surface area (Å²) in [4.78, 5) is 21.1. The Hall–Kier alpha value is -1.86. The largest absolute Gasteiger partial charge is 0.433 e. The van der Waals surface area contributed by atoms with Gasteiger partial charge >= 0.3 is 6.18 Å². The van der Waals surface area contributed by atoms with E-state index in [0.717, 1.165) is 31.7 Å². The third kappa shape index (κ3) is 3.73. The van der Waals surface area contributed by atoms with E-state index in [4.69, 9.17) is 0 Å². The van der Waals surface area contributed by atoms with Crippen LogP contribution in [0.15, 0.2) is 12.4 Å². The molecule has 1 aliphatic heterocycles. The quantitative estimate of drug-likeness (QED) is 0.927. The van der Waals surface area contributed by atoms with Gasteiger partial charge in [-0.05, 0) is 25.7 Å². The number of nitrogens with zero attached hydrogens (tertiary/aromatic N) is 3. The first-order valence-electron chi connectivity index (χ1n) is 7.88. The number of piperidine rings is 1. The van der Waals surface area contributed by atoms with Gasteiger partial charge in [0.2, 0.25) is 5.91 Å². The van der Waals surface area contributed by atoms with Gasteiger partial charge in [-0.3, -0.25) is 4.79 Å². The minimum Gasteiger partial charge on any atom is -0.367 e. The van der Waals surface area contributed by atoms with Crippen molar-refractivity contribution >= 4 is 11.7 Å². The van der Waals surface area contributed by atoms with E-state index in [1.54, 1.807) is 0 Å². The second-order valence-electron chi connectivity index (χ2n) is 6.16. The first-order valence-corrected chi connectivity index (χ1v) is 7.88. The molecule has 1 saturated carbocycles. The summed E-state index contributed by atoms with van der Waals surface area (Å²) in [6.45, 7) is 1.29. The molecule has 1 saturated heterocycles. The van der Waals surface area contributed by atoms with E-state index in [9.17, 15) is 18.0 Å². The highest BCUT2D eigenvalue weighted by molar-refractivity contribution is 5.79. The number of anilines is 1. The van der Waals surface area contributed by atoms with Gasteiger partial charge in [-0.25, -0.2) is 9.97 Å². The van der Waals surface area contributed by atoms with Crippen molar-refractivity contribution in [2.75, 3.05) is 18.4 Å². The summed E-state index contributed by atoms with van der Waals surface area (Å²) in [5.41, 5.74) is -0.951. The third-order valence-corrected chi connectivity index (χ3v) is 4.57. The summed E-state index contributed by atoms with van der Waals surface area (Å²) in [5.74, 6) is 0.600. The lowest BCUT2D eigenvalue weighted by Crippen LogP contribution is -2.46. The highest BCUT2D eigenvalue weighted by Crippen LogP contribution is 2.30. The van der Waals surface area contributed by atoms with Crippen LogP contribution in [-0.4, -0.2) is 39.9 Å². The smallest absolute Gasteiger partial charge is 0.367 e. The molecule has 0 spiro atoms. The Morgan fingerprint density at radius 3 is 2.43 bits per heavy atom. The van der Waals surface area contributed by atoms with Gasteiger partial charge in [0, 0.05) is 31.1 Å². The normalized spacial score (nSPS) is 20.2. The maximum atomic E-state index is 12.6. The van der Waals surface area contributed by atoms with E-state index in [1.807, 2.05) is 4.90 Å². The number of hydrogen-bond acceptors (Lipinski definition) is 4. The fourth-order valence-electron chi connectivity index (χ4n) is 2.96. The van der Waals surface area contributed by atoms with E-state index in [-0.39, 0.29) is 23.7 Å². The van der Waals surface area contributed by atoms with Crippen molar-refractivity contribution in [2.45, 2.75) is 44.3 Å². The van der Waals surface area contributed by atoms with Crippen LogP contribution in [0.3, 0.4) is 0 Å². The zero-order chi connectivity index (χ0) is 16.4. The molecule has 0 atom stereocenters. The average Bonchev–Trinajstić information content (AvgIpc) is 2.45. The molecule has 0 radical (unpaired) electrons. The van der Waals surface area contributed by atoms with Gasteiger partial charge < -0.3 is 10.2 Å². The van der Waals surface area contributed by atoms with Gasteiger partial charge in [0.15, 0.2) is 0 Å². The van der Waals surface area contributed by atoms with Crippen LogP contribution in [-0.2, 0) is 11.0 Å². The van der Waals surface area contributed by atoms with E-state index >= 15 is 0 Å². The van der Waals surface area contributed by atoms with Gasteiger partial charge in [0.05, 0.1) is 0 Å². The van der Waals surface area contributed by atoms with E-state index in [2.05, 4.69) is 15.3 Å². The molecule has 2 fully saturated rings. The number of halogens is 3. The number of nitrogens with one attached hydrogen (secondary N) is 1. The Morgan fingerprint density at radius 2 is 1.87 bits per heavy atom. The van der Waals surface area contributed by atoms with Crippen LogP contribution in [0.25, 0.3) is 0 Å². The Bertz CT molecular complexity index is 566. The summed E-state index contributed by atoms with van der Waals surface area (Å²) >= 11 is 0. The predicted octanol–water partition coefficient (Wildman–Crippen LogP) is 2.70. The third-order valence-electron chi connectivity index (χ3n) is 4.57. The number of carbonyl (C=O) groups is 1. The highest BCUT2D eigenvalue weighted by Gasteiger charge is 2.34. The molecule has 0 unspecified atom stereocenters. The molecule has 1 N–H and O–H groups in total. The van der Waals surface area contributed by atoms with Gasteiger partial charge in [0.25, 0.3) is 0 Å². The molecular weight excluding hydrogens is 309 g/mol. The monoisotopic (exact) mass is 328 g/mol. The Labute approximate surface area is 132 Å². The van der Waals surface area contributed by atoms with E-state index < -0.39 is 11.9 Å². The molecule has 1 amide bonds. The maximum absolute atomic E-state index is 12.6. The Kier molecular flexibility index (Phi) is 4.41. The second-order valence-corrected chi connectivity index (χ2v) is 6.16. The van der Waals surface area contributed by atoms with Crippen LogP contribution < -0.4 is 5.32 Å². The van der Waals surface area contributed by atoms with E-state index in [0.29, 0.717) is 25.9 Å². The lowest BCUT2D eigenvalue weighted by Gasteiger charge is -2.36. The molecule has 1 aromatic heterocycles. The van der Waals surface area contributed by atoms with Gasteiger partial charge in [-0.15, -0.1) is 0 Å². The van der Waals surface area contributed by atoms with Crippen molar-refractivity contribution in [3.05, 3.63) is 18.1 Å². The van der Waals surface area contributed by atoms with Crippen molar-refractivity contribution in [3.8, 4) is 0 Å². The number of alkyl halides is 3. The molecule has 23 heavy (non-hydrogen) atoms. The molecule has 2 aliphatic rings. The zero-order valence-corrected chi connectivity index (χ0v) is 12.6. The molecule has 126 valence electrons. The van der Waals surface area contributed by atoms with Crippen LogP contribution in [0, 0.1) is 5.92 Å². The van der Waals surface area contributed by atoms with E-state index in [1.165, 1.54) is 0 Å². The van der Waals surface area contributed by atoms with Crippen molar-refractivity contribution in [1.82, 2.24) is 14.9 Å². The summed E-state index contributed by atoms with van der Waals surface area (Å²) in [6.07, 6.45) is 0.964. The fraction of sp³-hybridized carbons (Fsp3) is 0.667. The van der Waals surface area contributed by atoms with Crippen molar-refractivity contribution in [3.63, 3.8) is 0 Å². The molecular formula is C15H19F3N4O. The number of likely N-dealkylation sites (tertiary alicyclic amines) is 1. The molecule has 3 rings (SSSR count). The number of carbonyl (C=O) groups excluding carboxylic acids is 1. The number of aromatic nitrogens is 2. The summed E-state index contributed by atoms with van der Waals surface area (Å²) < 4.78 is 37.9. The first kappa shape index (κ1) is 16.0. The van der Waals surface area contributed by atoms with Crippen LogP contribution >= 0.6 is 0 Å². The predicted molar refractivity (Wildman–Crippen MR) is 77.6 cm³/mol.